The number of methoxy groups -OCH3 is 1. The van der Waals surface area contributed by atoms with Crippen molar-refractivity contribution in [2.45, 2.75) is 19.3 Å². The van der Waals surface area contributed by atoms with Crippen LogP contribution in [0.3, 0.4) is 0 Å². The first-order valence-corrected chi connectivity index (χ1v) is 9.16. The summed E-state index contributed by atoms with van der Waals surface area (Å²) in [5.41, 5.74) is 0.976. The molecule has 1 saturated heterocycles. The monoisotopic (exact) mass is 381 g/mol. The van der Waals surface area contributed by atoms with Gasteiger partial charge in [-0.2, -0.15) is 0 Å². The van der Waals surface area contributed by atoms with Crippen LogP contribution in [0.2, 0.25) is 0 Å². The van der Waals surface area contributed by atoms with Crippen molar-refractivity contribution in [3.05, 3.63) is 29.6 Å². The highest BCUT2D eigenvalue weighted by Gasteiger charge is 2.24. The number of carboxylic acid groups (broad SMARTS) is 1. The van der Waals surface area contributed by atoms with Crippen LogP contribution in [0, 0.1) is 11.7 Å². The number of piperidine rings is 1. The van der Waals surface area contributed by atoms with Crippen LogP contribution in [0.25, 0.3) is 0 Å². The van der Waals surface area contributed by atoms with Gasteiger partial charge in [0.25, 0.3) is 0 Å². The van der Waals surface area contributed by atoms with Crippen molar-refractivity contribution >= 4 is 12.0 Å². The first kappa shape index (κ1) is 21.0. The Labute approximate surface area is 159 Å². The second-order valence-corrected chi connectivity index (χ2v) is 6.83. The maximum atomic E-state index is 13.3. The third kappa shape index (κ3) is 6.39. The van der Waals surface area contributed by atoms with Crippen molar-refractivity contribution in [3.63, 3.8) is 0 Å². The van der Waals surface area contributed by atoms with Crippen LogP contribution >= 0.6 is 0 Å². The maximum Gasteiger partial charge on any atom is 0.407 e. The normalized spacial score (nSPS) is 15.4. The molecule has 0 atom stereocenters. The van der Waals surface area contributed by atoms with Gasteiger partial charge in [0, 0.05) is 26.2 Å². The quantitative estimate of drug-likeness (QED) is 0.718. The number of benzene rings is 1. The average molecular weight is 381 g/mol. The summed E-state index contributed by atoms with van der Waals surface area (Å²) < 4.78 is 18.5. The van der Waals surface area contributed by atoms with Crippen LogP contribution in [0.15, 0.2) is 18.2 Å². The molecule has 1 aromatic rings. The number of rotatable bonds is 8. The lowest BCUT2D eigenvalue weighted by molar-refractivity contribution is -0.121. The molecule has 0 saturated carbocycles. The largest absolute Gasteiger partial charge is 0.496 e. The van der Waals surface area contributed by atoms with Gasteiger partial charge >= 0.3 is 6.09 Å². The van der Waals surface area contributed by atoms with Gasteiger partial charge in [0.1, 0.15) is 18.1 Å². The molecule has 2 amide bonds. The van der Waals surface area contributed by atoms with Crippen molar-refractivity contribution in [1.29, 1.82) is 0 Å². The van der Waals surface area contributed by atoms with Crippen LogP contribution in [0.4, 0.5) is 9.18 Å². The molecule has 27 heavy (non-hydrogen) atoms. The van der Waals surface area contributed by atoms with E-state index in [4.69, 9.17) is 4.74 Å². The number of carbonyl (C=O) groups is 2. The zero-order valence-corrected chi connectivity index (χ0v) is 15.9. The minimum absolute atomic E-state index is 0.129. The fraction of sp³-hybridized carbons (Fsp3) is 0.579. The Morgan fingerprint density at radius 1 is 1.37 bits per heavy atom. The third-order valence-corrected chi connectivity index (χ3v) is 5.02. The number of carbonyl (C=O) groups excluding carboxylic acids is 1. The van der Waals surface area contributed by atoms with Crippen molar-refractivity contribution in [1.82, 2.24) is 15.1 Å². The Morgan fingerprint density at radius 3 is 2.67 bits per heavy atom. The van der Waals surface area contributed by atoms with E-state index in [1.807, 2.05) is 0 Å². The van der Waals surface area contributed by atoms with Gasteiger partial charge in [-0.05, 0) is 49.9 Å². The van der Waals surface area contributed by atoms with Crippen LogP contribution in [0.5, 0.6) is 5.75 Å². The fourth-order valence-electron chi connectivity index (χ4n) is 3.37. The Balaban J connectivity index is 1.79. The number of nitrogens with zero attached hydrogens (tertiary/aromatic N) is 2. The van der Waals surface area contributed by atoms with Gasteiger partial charge in [-0.3, -0.25) is 9.69 Å². The molecule has 0 spiro atoms. The Bertz CT molecular complexity index is 648. The molecule has 150 valence electrons. The number of halogens is 1. The summed E-state index contributed by atoms with van der Waals surface area (Å²) in [6.07, 6.45) is 1.48. The first-order chi connectivity index (χ1) is 12.9. The molecular weight excluding hydrogens is 353 g/mol. The van der Waals surface area contributed by atoms with Crippen LogP contribution in [-0.2, 0) is 11.2 Å². The van der Waals surface area contributed by atoms with E-state index in [0.29, 0.717) is 12.3 Å². The van der Waals surface area contributed by atoms with Gasteiger partial charge in [0.05, 0.1) is 7.11 Å². The molecule has 7 nitrogen and oxygen atoms in total. The third-order valence-electron chi connectivity index (χ3n) is 5.02. The van der Waals surface area contributed by atoms with Gasteiger partial charge in [0.15, 0.2) is 0 Å². The van der Waals surface area contributed by atoms with Gasteiger partial charge in [-0.1, -0.05) is 6.07 Å². The Hall–Kier alpha value is -2.35. The first-order valence-electron chi connectivity index (χ1n) is 9.16. The van der Waals surface area contributed by atoms with E-state index in [2.05, 4.69) is 10.2 Å². The van der Waals surface area contributed by atoms with Gasteiger partial charge < -0.3 is 20.1 Å². The number of likely N-dealkylation sites (N-methyl/N-ethyl adjacent to an activating group) is 1. The van der Waals surface area contributed by atoms with Gasteiger partial charge in [0.2, 0.25) is 5.91 Å². The molecule has 1 aliphatic heterocycles. The van der Waals surface area contributed by atoms with Crippen LogP contribution < -0.4 is 10.1 Å². The number of hydrogen-bond acceptors (Lipinski definition) is 4. The fourth-order valence-corrected chi connectivity index (χ4v) is 3.37. The Morgan fingerprint density at radius 2 is 2.07 bits per heavy atom. The van der Waals surface area contributed by atoms with Crippen LogP contribution in [0.1, 0.15) is 18.4 Å². The average Bonchev–Trinajstić information content (AvgIpc) is 2.67. The molecule has 2 N–H and O–H groups in total. The minimum Gasteiger partial charge on any atom is -0.496 e. The summed E-state index contributed by atoms with van der Waals surface area (Å²) in [7, 11) is 3.04. The number of nitrogens with one attached hydrogen (secondary N) is 1. The molecule has 1 aliphatic rings. The zero-order valence-electron chi connectivity index (χ0n) is 15.9. The molecule has 1 aromatic carbocycles. The van der Waals surface area contributed by atoms with Crippen LogP contribution in [-0.4, -0.2) is 73.8 Å². The second kappa shape index (κ2) is 10.1. The highest BCUT2D eigenvalue weighted by molar-refractivity contribution is 5.81. The summed E-state index contributed by atoms with van der Waals surface area (Å²) in [5.74, 6) is 0.206. The predicted molar refractivity (Wildman–Crippen MR) is 99.5 cm³/mol. The summed E-state index contributed by atoms with van der Waals surface area (Å²) in [5, 5.41) is 11.7. The number of amides is 2. The number of ether oxygens (including phenoxy) is 1. The smallest absolute Gasteiger partial charge is 0.407 e. The zero-order chi connectivity index (χ0) is 19.8. The summed E-state index contributed by atoms with van der Waals surface area (Å²) >= 11 is 0. The van der Waals surface area contributed by atoms with Crippen molar-refractivity contribution < 1.29 is 23.8 Å². The summed E-state index contributed by atoms with van der Waals surface area (Å²) in [4.78, 5) is 26.3. The molecular formula is C19H28FN3O4. The van der Waals surface area contributed by atoms with Gasteiger partial charge in [-0.15, -0.1) is 0 Å². The molecule has 0 aromatic heterocycles. The molecule has 1 fully saturated rings. The SMILES string of the molecule is CNC(=O)CN(CC1CCN(CCc2ccc(F)cc2OC)CC1)C(=O)O. The molecule has 0 aliphatic carbocycles. The van der Waals surface area contributed by atoms with Crippen molar-refractivity contribution in [2.24, 2.45) is 5.92 Å². The van der Waals surface area contributed by atoms with E-state index in [-0.39, 0.29) is 24.2 Å². The lowest BCUT2D eigenvalue weighted by Crippen LogP contribution is -2.44. The predicted octanol–water partition coefficient (Wildman–Crippen LogP) is 1.81. The molecule has 0 radical (unpaired) electrons. The van der Waals surface area contributed by atoms with E-state index in [0.717, 1.165) is 44.5 Å². The van der Waals surface area contributed by atoms with Crippen molar-refractivity contribution in [2.75, 3.05) is 46.9 Å². The van der Waals surface area contributed by atoms with E-state index in [1.165, 1.54) is 31.2 Å². The summed E-state index contributed by atoms with van der Waals surface area (Å²) in [6, 6.07) is 4.59. The lowest BCUT2D eigenvalue weighted by atomic mass is 9.96. The highest BCUT2D eigenvalue weighted by Crippen LogP contribution is 2.22. The summed E-state index contributed by atoms with van der Waals surface area (Å²) in [6.45, 7) is 2.84. The molecule has 0 bridgehead atoms. The maximum absolute atomic E-state index is 13.3. The topological polar surface area (TPSA) is 82.1 Å². The Kier molecular flexibility index (Phi) is 7.84. The van der Waals surface area contributed by atoms with Crippen molar-refractivity contribution in [3.8, 4) is 5.75 Å². The number of likely N-dealkylation sites (tertiary alicyclic amines) is 1. The highest BCUT2D eigenvalue weighted by atomic mass is 19.1. The molecule has 2 rings (SSSR count). The van der Waals surface area contributed by atoms with Gasteiger partial charge in [-0.25, -0.2) is 9.18 Å². The van der Waals surface area contributed by atoms with E-state index < -0.39 is 6.09 Å². The second-order valence-electron chi connectivity index (χ2n) is 6.83. The van der Waals surface area contributed by atoms with E-state index in [9.17, 15) is 19.1 Å². The number of hydrogen-bond donors (Lipinski definition) is 2. The van der Waals surface area contributed by atoms with E-state index in [1.54, 1.807) is 6.07 Å². The lowest BCUT2D eigenvalue weighted by Gasteiger charge is -2.34. The molecule has 8 heteroatoms. The molecule has 0 unspecified atom stereocenters. The van der Waals surface area contributed by atoms with E-state index >= 15 is 0 Å². The standard InChI is InChI=1S/C19H28FN3O4/c1-21-18(24)13-23(19(25)26)12-14-5-8-22(9-6-14)10-7-15-3-4-16(20)11-17(15)27-2/h3-4,11,14H,5-10,12-13H2,1-2H3,(H,21,24)(H,25,26). The molecule has 1 heterocycles. The minimum atomic E-state index is -1.07.